The third kappa shape index (κ3) is 3.56. The number of nitrogens with one attached hydrogen (secondary N) is 1. The van der Waals surface area contributed by atoms with Crippen molar-refractivity contribution in [2.24, 2.45) is 0 Å². The first-order chi connectivity index (χ1) is 9.52. The topological polar surface area (TPSA) is 12.0 Å². The summed E-state index contributed by atoms with van der Waals surface area (Å²) in [5, 5.41) is 4.89. The van der Waals surface area contributed by atoms with Gasteiger partial charge >= 0.3 is 0 Å². The second-order valence-corrected chi connectivity index (χ2v) is 6.38. The molecule has 2 rings (SSSR count). The summed E-state index contributed by atoms with van der Waals surface area (Å²) < 4.78 is 1.06. The van der Waals surface area contributed by atoms with Gasteiger partial charge in [-0.3, -0.25) is 0 Å². The number of hydrogen-bond donors (Lipinski definition) is 1. The Morgan fingerprint density at radius 3 is 2.55 bits per heavy atom. The van der Waals surface area contributed by atoms with Gasteiger partial charge in [0.15, 0.2) is 0 Å². The van der Waals surface area contributed by atoms with Gasteiger partial charge in [-0.1, -0.05) is 63.8 Å². The van der Waals surface area contributed by atoms with E-state index >= 15 is 0 Å². The minimum Gasteiger partial charge on any atom is -0.306 e. The Kier molecular flexibility index (Phi) is 5.50. The summed E-state index contributed by atoms with van der Waals surface area (Å²) in [6.45, 7) is 5.00. The maximum Gasteiger partial charge on any atom is 0.0603 e. The second-order valence-electron chi connectivity index (χ2n) is 4.68. The lowest BCUT2D eigenvalue weighted by Crippen LogP contribution is -2.22. The van der Waals surface area contributed by atoms with E-state index < -0.39 is 0 Å². The van der Waals surface area contributed by atoms with E-state index in [9.17, 15) is 0 Å². The quantitative estimate of drug-likeness (QED) is 0.718. The fraction of sp³-hybridized carbons (Fsp3) is 0.250. The zero-order valence-electron chi connectivity index (χ0n) is 11.4. The summed E-state index contributed by atoms with van der Waals surface area (Å²) in [6.07, 6.45) is 0. The van der Waals surface area contributed by atoms with Gasteiger partial charge in [-0.15, -0.1) is 0 Å². The number of halogens is 3. The highest BCUT2D eigenvalue weighted by Gasteiger charge is 2.19. The van der Waals surface area contributed by atoms with Crippen LogP contribution in [0.25, 0.3) is 0 Å². The Hall–Kier alpha value is -0.540. The SMILES string of the molecule is CCNC(c1cc(Cl)ccc1Cl)c1cc(C)ccc1Br. The highest BCUT2D eigenvalue weighted by molar-refractivity contribution is 9.10. The summed E-state index contributed by atoms with van der Waals surface area (Å²) >= 11 is 16.1. The average Bonchev–Trinajstić information content (AvgIpc) is 2.42. The van der Waals surface area contributed by atoms with Gasteiger partial charge in [-0.25, -0.2) is 0 Å². The third-order valence-corrected chi connectivity index (χ3v) is 4.44. The minimum atomic E-state index is 0.0143. The fourth-order valence-electron chi connectivity index (χ4n) is 2.21. The Labute approximate surface area is 138 Å². The second kappa shape index (κ2) is 6.95. The molecule has 1 unspecified atom stereocenters. The Balaban J connectivity index is 2.55. The molecule has 0 aliphatic rings. The van der Waals surface area contributed by atoms with Crippen molar-refractivity contribution in [3.8, 4) is 0 Å². The van der Waals surface area contributed by atoms with Gasteiger partial charge in [-0.2, -0.15) is 0 Å². The number of benzene rings is 2. The van der Waals surface area contributed by atoms with Crippen LogP contribution in [0.15, 0.2) is 40.9 Å². The van der Waals surface area contributed by atoms with Crippen molar-refractivity contribution in [1.29, 1.82) is 0 Å². The molecule has 20 heavy (non-hydrogen) atoms. The van der Waals surface area contributed by atoms with Gasteiger partial charge in [0.25, 0.3) is 0 Å². The predicted octanol–water partition coefficient (Wildman–Crippen LogP) is 5.76. The molecular weight excluding hydrogens is 357 g/mol. The summed E-state index contributed by atoms with van der Waals surface area (Å²) in [7, 11) is 0. The lowest BCUT2D eigenvalue weighted by atomic mass is 9.97. The Bertz CT molecular complexity index is 562. The number of rotatable bonds is 4. The summed E-state index contributed by atoms with van der Waals surface area (Å²) in [6, 6.07) is 11.9. The normalized spacial score (nSPS) is 12.4. The molecule has 0 bridgehead atoms. The van der Waals surface area contributed by atoms with Gasteiger partial charge < -0.3 is 5.32 Å². The molecule has 1 atom stereocenters. The summed E-state index contributed by atoms with van der Waals surface area (Å²) in [4.78, 5) is 0. The number of aryl methyl sites for hydroxylation is 1. The van der Waals surface area contributed by atoms with Crippen LogP contribution in [0.4, 0.5) is 0 Å². The van der Waals surface area contributed by atoms with E-state index in [1.807, 2.05) is 18.2 Å². The molecular formula is C16H16BrCl2N. The maximum absolute atomic E-state index is 6.35. The molecule has 2 aromatic carbocycles. The van der Waals surface area contributed by atoms with Crippen LogP contribution < -0.4 is 5.32 Å². The first-order valence-corrected chi connectivity index (χ1v) is 8.02. The zero-order valence-corrected chi connectivity index (χ0v) is 14.5. The van der Waals surface area contributed by atoms with E-state index in [0.29, 0.717) is 10.0 Å². The van der Waals surface area contributed by atoms with E-state index in [4.69, 9.17) is 23.2 Å². The van der Waals surface area contributed by atoms with Crippen molar-refractivity contribution in [3.63, 3.8) is 0 Å². The van der Waals surface area contributed by atoms with Crippen LogP contribution in [0.3, 0.4) is 0 Å². The lowest BCUT2D eigenvalue weighted by Gasteiger charge is -2.22. The van der Waals surface area contributed by atoms with Gasteiger partial charge in [0.05, 0.1) is 6.04 Å². The molecule has 2 aromatic rings. The molecule has 106 valence electrons. The highest BCUT2D eigenvalue weighted by atomic mass is 79.9. The fourth-order valence-corrected chi connectivity index (χ4v) is 3.09. The molecule has 0 spiro atoms. The molecule has 1 N–H and O–H groups in total. The van der Waals surface area contributed by atoms with Crippen molar-refractivity contribution in [3.05, 3.63) is 67.6 Å². The average molecular weight is 373 g/mol. The molecule has 0 aliphatic carbocycles. The zero-order chi connectivity index (χ0) is 14.7. The largest absolute Gasteiger partial charge is 0.306 e. The first-order valence-electron chi connectivity index (χ1n) is 6.47. The summed E-state index contributed by atoms with van der Waals surface area (Å²) in [5.74, 6) is 0. The van der Waals surface area contributed by atoms with Gasteiger partial charge in [0.2, 0.25) is 0 Å². The van der Waals surface area contributed by atoms with Crippen LogP contribution in [-0.2, 0) is 0 Å². The first kappa shape index (κ1) is 15.8. The van der Waals surface area contributed by atoms with Crippen molar-refractivity contribution in [2.45, 2.75) is 19.9 Å². The van der Waals surface area contributed by atoms with Gasteiger partial charge in [0, 0.05) is 14.5 Å². The Morgan fingerprint density at radius 1 is 1.10 bits per heavy atom. The molecule has 0 amide bonds. The standard InChI is InChI=1S/C16H16BrCl2N/c1-3-20-16(12-8-10(2)4-6-14(12)17)13-9-11(18)5-7-15(13)19/h4-9,16,20H,3H2,1-2H3. The predicted molar refractivity (Wildman–Crippen MR) is 90.9 cm³/mol. The third-order valence-electron chi connectivity index (χ3n) is 3.14. The Morgan fingerprint density at radius 2 is 1.85 bits per heavy atom. The monoisotopic (exact) mass is 371 g/mol. The highest BCUT2D eigenvalue weighted by Crippen LogP contribution is 2.34. The van der Waals surface area contributed by atoms with E-state index in [2.05, 4.69) is 53.3 Å². The summed E-state index contributed by atoms with van der Waals surface area (Å²) in [5.41, 5.74) is 3.37. The molecule has 0 heterocycles. The van der Waals surface area contributed by atoms with E-state index in [-0.39, 0.29) is 6.04 Å². The van der Waals surface area contributed by atoms with Crippen LogP contribution >= 0.6 is 39.1 Å². The van der Waals surface area contributed by atoms with Gasteiger partial charge in [0.1, 0.15) is 0 Å². The molecule has 1 nitrogen and oxygen atoms in total. The van der Waals surface area contributed by atoms with Gasteiger partial charge in [-0.05, 0) is 48.9 Å². The smallest absolute Gasteiger partial charge is 0.0603 e. The molecule has 0 aliphatic heterocycles. The maximum atomic E-state index is 6.35. The molecule has 0 fully saturated rings. The minimum absolute atomic E-state index is 0.0143. The van der Waals surface area contributed by atoms with Crippen LogP contribution in [0.1, 0.15) is 29.7 Å². The van der Waals surface area contributed by atoms with E-state index in [0.717, 1.165) is 22.1 Å². The molecule has 0 aromatic heterocycles. The lowest BCUT2D eigenvalue weighted by molar-refractivity contribution is 0.628. The van der Waals surface area contributed by atoms with Crippen LogP contribution in [-0.4, -0.2) is 6.54 Å². The number of hydrogen-bond acceptors (Lipinski definition) is 1. The van der Waals surface area contributed by atoms with E-state index in [1.165, 1.54) is 5.56 Å². The molecule has 0 saturated heterocycles. The molecule has 0 saturated carbocycles. The molecule has 0 radical (unpaired) electrons. The van der Waals surface area contributed by atoms with Crippen molar-refractivity contribution in [2.75, 3.05) is 6.54 Å². The van der Waals surface area contributed by atoms with Crippen LogP contribution in [0, 0.1) is 6.92 Å². The van der Waals surface area contributed by atoms with E-state index in [1.54, 1.807) is 0 Å². The van der Waals surface area contributed by atoms with Crippen molar-refractivity contribution >= 4 is 39.1 Å². The van der Waals surface area contributed by atoms with Crippen molar-refractivity contribution in [1.82, 2.24) is 5.32 Å². The molecule has 4 heteroatoms. The van der Waals surface area contributed by atoms with Crippen molar-refractivity contribution < 1.29 is 0 Å². The van der Waals surface area contributed by atoms with Crippen LogP contribution in [0.5, 0.6) is 0 Å². The van der Waals surface area contributed by atoms with Crippen LogP contribution in [0.2, 0.25) is 10.0 Å².